The second-order valence-electron chi connectivity index (χ2n) is 0.512. The Hall–Kier alpha value is -0.0551. The smallest absolute Gasteiger partial charge is 0.277 e. The molecule has 0 aliphatic rings. The van der Waals surface area contributed by atoms with Crippen LogP contribution in [0.5, 0.6) is 0 Å². The Morgan fingerprint density at radius 1 is 1.50 bits per heavy atom. The number of hydrogen-bond donors (Lipinski definition) is 3. The van der Waals surface area contributed by atoms with Crippen LogP contribution in [0.15, 0.2) is 0 Å². The third-order valence-electron chi connectivity index (χ3n) is 0.129. The van der Waals surface area contributed by atoms with E-state index in [4.69, 9.17) is 15.9 Å². The number of aliphatic hydroxyl groups is 1. The average Bonchev–Trinajstić information content (AvgIpc) is 1.72. The van der Waals surface area contributed by atoms with E-state index < -0.39 is 0 Å². The zero-order valence-electron chi connectivity index (χ0n) is 3.46. The standard InChI is InChI=1S/C2H7NO.BHO/c3-1-2-4;1-2/h4H,1-3H2;2H. The topological polar surface area (TPSA) is 66.5 Å². The molecule has 36 valence electrons. The van der Waals surface area contributed by atoms with Crippen molar-refractivity contribution in [1.82, 2.24) is 0 Å². The molecule has 0 fully saturated rings. The quantitative estimate of drug-likeness (QED) is 0.325. The average molecular weight is 88.9 g/mol. The molecule has 0 aliphatic heterocycles. The molecule has 0 unspecified atom stereocenters. The van der Waals surface area contributed by atoms with Crippen molar-refractivity contribution in [2.24, 2.45) is 5.73 Å². The molecular formula is C2H8BNO2. The second-order valence-corrected chi connectivity index (χ2v) is 0.512. The molecular weight excluding hydrogens is 80.8 g/mol. The van der Waals surface area contributed by atoms with E-state index in [9.17, 15) is 0 Å². The molecule has 0 bridgehead atoms. The van der Waals surface area contributed by atoms with Crippen LogP contribution < -0.4 is 5.73 Å². The van der Waals surface area contributed by atoms with Crippen LogP contribution in [0.2, 0.25) is 0 Å². The van der Waals surface area contributed by atoms with E-state index in [0.29, 0.717) is 6.54 Å². The Kier molecular flexibility index (Phi) is 31.7. The highest BCUT2D eigenvalue weighted by Gasteiger charge is 1.56. The van der Waals surface area contributed by atoms with Crippen LogP contribution in [0, 0.1) is 0 Å². The van der Waals surface area contributed by atoms with E-state index in [1.807, 2.05) is 0 Å². The highest BCUT2D eigenvalue weighted by molar-refractivity contribution is 5.95. The third-order valence-corrected chi connectivity index (χ3v) is 0.129. The van der Waals surface area contributed by atoms with Gasteiger partial charge in [0.15, 0.2) is 0 Å². The van der Waals surface area contributed by atoms with E-state index >= 15 is 0 Å². The summed E-state index contributed by atoms with van der Waals surface area (Å²) in [5.41, 5.74) is 4.78. The fraction of sp³-hybridized carbons (Fsp3) is 1.00. The summed E-state index contributed by atoms with van der Waals surface area (Å²) in [5, 5.41) is 14.2. The Bertz CT molecular complexity index is 13.5. The van der Waals surface area contributed by atoms with E-state index in [2.05, 4.69) is 8.05 Å². The van der Waals surface area contributed by atoms with Gasteiger partial charge in [0.1, 0.15) is 0 Å². The lowest BCUT2D eigenvalue weighted by atomic mass is 10.6. The van der Waals surface area contributed by atoms with Crippen LogP contribution >= 0.6 is 0 Å². The van der Waals surface area contributed by atoms with Crippen molar-refractivity contribution in [3.05, 3.63) is 0 Å². The molecule has 0 spiro atoms. The first-order chi connectivity index (χ1) is 2.91. The Morgan fingerprint density at radius 2 is 1.67 bits per heavy atom. The Balaban J connectivity index is 0. The first-order valence-electron chi connectivity index (χ1n) is 1.48. The third kappa shape index (κ3) is 38.3. The SMILES string of the molecule is NCCO.[B]O. The fourth-order valence-corrected chi connectivity index (χ4v) is 0. The molecule has 0 rings (SSSR count). The zero-order valence-corrected chi connectivity index (χ0v) is 3.46. The molecule has 0 aromatic carbocycles. The molecule has 0 saturated carbocycles. The van der Waals surface area contributed by atoms with Gasteiger partial charge in [-0.25, -0.2) is 0 Å². The molecule has 2 radical (unpaired) electrons. The predicted molar refractivity (Wildman–Crippen MR) is 24.1 cm³/mol. The molecule has 4 heteroatoms. The number of hydrogen-bond acceptors (Lipinski definition) is 3. The maximum atomic E-state index is 7.75. The van der Waals surface area contributed by atoms with Crippen molar-refractivity contribution in [3.8, 4) is 0 Å². The lowest BCUT2D eigenvalue weighted by molar-refractivity contribution is 0.306. The highest BCUT2D eigenvalue weighted by Crippen LogP contribution is 1.33. The first-order valence-corrected chi connectivity index (χ1v) is 1.48. The highest BCUT2D eigenvalue weighted by atomic mass is 16.3. The lowest BCUT2D eigenvalue weighted by Crippen LogP contribution is -2.02. The summed E-state index contributed by atoms with van der Waals surface area (Å²) >= 11 is 0. The van der Waals surface area contributed by atoms with Crippen molar-refractivity contribution in [1.29, 1.82) is 0 Å². The largest absolute Gasteiger partial charge is 0.461 e. The fourth-order valence-electron chi connectivity index (χ4n) is 0. The van der Waals surface area contributed by atoms with Crippen LogP contribution in [0.4, 0.5) is 0 Å². The van der Waals surface area contributed by atoms with Crippen LogP contribution in [0.3, 0.4) is 0 Å². The summed E-state index contributed by atoms with van der Waals surface area (Å²) in [6.07, 6.45) is 0. The van der Waals surface area contributed by atoms with Gasteiger partial charge in [0.25, 0.3) is 8.05 Å². The van der Waals surface area contributed by atoms with Crippen LogP contribution in [0.1, 0.15) is 0 Å². The van der Waals surface area contributed by atoms with Crippen LogP contribution in [0.25, 0.3) is 0 Å². The molecule has 0 aliphatic carbocycles. The minimum absolute atomic E-state index is 0.0972. The number of nitrogens with two attached hydrogens (primary N) is 1. The zero-order chi connectivity index (χ0) is 5.41. The molecule has 0 aromatic rings. The van der Waals surface area contributed by atoms with Gasteiger partial charge in [-0.2, -0.15) is 0 Å². The van der Waals surface area contributed by atoms with E-state index in [1.165, 1.54) is 0 Å². The van der Waals surface area contributed by atoms with Crippen molar-refractivity contribution in [2.45, 2.75) is 0 Å². The second kappa shape index (κ2) is 20.3. The molecule has 0 aromatic heterocycles. The number of rotatable bonds is 1. The van der Waals surface area contributed by atoms with Gasteiger partial charge in [0.05, 0.1) is 6.61 Å². The summed E-state index contributed by atoms with van der Waals surface area (Å²) in [6, 6.07) is 0. The predicted octanol–water partition coefficient (Wildman–Crippen LogP) is -2.00. The van der Waals surface area contributed by atoms with E-state index in [-0.39, 0.29) is 6.61 Å². The van der Waals surface area contributed by atoms with Gasteiger partial charge in [0, 0.05) is 6.54 Å². The van der Waals surface area contributed by atoms with E-state index in [1.54, 1.807) is 0 Å². The summed E-state index contributed by atoms with van der Waals surface area (Å²) in [7, 11) is 3.50. The maximum absolute atomic E-state index is 7.75. The van der Waals surface area contributed by atoms with Gasteiger partial charge in [-0.15, -0.1) is 0 Å². The van der Waals surface area contributed by atoms with Crippen molar-refractivity contribution in [3.63, 3.8) is 0 Å². The van der Waals surface area contributed by atoms with E-state index in [0.717, 1.165) is 0 Å². The minimum Gasteiger partial charge on any atom is -0.461 e. The summed E-state index contributed by atoms with van der Waals surface area (Å²) in [5.74, 6) is 0. The lowest BCUT2D eigenvalue weighted by Gasteiger charge is -1.71. The normalized spacial score (nSPS) is 5.83. The van der Waals surface area contributed by atoms with Gasteiger partial charge < -0.3 is 15.9 Å². The van der Waals surface area contributed by atoms with Gasteiger partial charge in [-0.1, -0.05) is 0 Å². The van der Waals surface area contributed by atoms with Gasteiger partial charge >= 0.3 is 0 Å². The first kappa shape index (κ1) is 9.34. The Morgan fingerprint density at radius 3 is 1.67 bits per heavy atom. The molecule has 6 heavy (non-hydrogen) atoms. The van der Waals surface area contributed by atoms with Gasteiger partial charge in [0.2, 0.25) is 0 Å². The number of aliphatic hydroxyl groups excluding tert-OH is 1. The van der Waals surface area contributed by atoms with Crippen LogP contribution in [-0.4, -0.2) is 31.3 Å². The molecule has 0 saturated heterocycles. The minimum atomic E-state index is 0.0972. The molecule has 0 atom stereocenters. The van der Waals surface area contributed by atoms with Crippen LogP contribution in [-0.2, 0) is 0 Å². The maximum Gasteiger partial charge on any atom is 0.277 e. The summed E-state index contributed by atoms with van der Waals surface area (Å²) < 4.78 is 0. The van der Waals surface area contributed by atoms with Gasteiger partial charge in [-0.05, 0) is 0 Å². The summed E-state index contributed by atoms with van der Waals surface area (Å²) in [4.78, 5) is 0. The monoisotopic (exact) mass is 89.1 g/mol. The van der Waals surface area contributed by atoms with Gasteiger partial charge in [-0.3, -0.25) is 0 Å². The van der Waals surface area contributed by atoms with Crippen molar-refractivity contribution in [2.75, 3.05) is 13.2 Å². The molecule has 0 amide bonds. The molecule has 0 heterocycles. The molecule has 3 nitrogen and oxygen atoms in total. The molecule has 4 N–H and O–H groups in total. The Labute approximate surface area is 38.2 Å². The summed E-state index contributed by atoms with van der Waals surface area (Å²) in [6.45, 7) is 0.472. The van der Waals surface area contributed by atoms with Crippen molar-refractivity contribution >= 4 is 8.05 Å². The van der Waals surface area contributed by atoms with Crippen molar-refractivity contribution < 1.29 is 10.1 Å².